The fourth-order valence-electron chi connectivity index (χ4n) is 2.60. The van der Waals surface area contributed by atoms with Crippen molar-refractivity contribution in [1.82, 2.24) is 5.43 Å². The predicted octanol–water partition coefficient (Wildman–Crippen LogP) is 4.97. The van der Waals surface area contributed by atoms with Gasteiger partial charge in [-0.1, -0.05) is 59.6 Å². The van der Waals surface area contributed by atoms with Gasteiger partial charge in [-0.25, -0.2) is 5.43 Å². The largest absolute Gasteiger partial charge is 0.489 e. The van der Waals surface area contributed by atoms with Gasteiger partial charge in [0.25, 0.3) is 0 Å². The lowest BCUT2D eigenvalue weighted by molar-refractivity contribution is -0.136. The van der Waals surface area contributed by atoms with Crippen LogP contribution in [0.15, 0.2) is 71.8 Å². The molecule has 158 valence electrons. The average Bonchev–Trinajstić information content (AvgIpc) is 2.76. The Hall–Kier alpha value is -3.35. The second-order valence-electron chi connectivity index (χ2n) is 6.57. The third-order valence-electron chi connectivity index (χ3n) is 4.28. The maximum atomic E-state index is 12.0. The summed E-state index contributed by atoms with van der Waals surface area (Å²) in [6.07, 6.45) is 1.42. The van der Waals surface area contributed by atoms with E-state index in [0.717, 1.165) is 11.1 Å². The summed E-state index contributed by atoms with van der Waals surface area (Å²) in [5, 5.41) is 6.85. The van der Waals surface area contributed by atoms with Crippen molar-refractivity contribution in [3.05, 3.63) is 93.5 Å². The van der Waals surface area contributed by atoms with E-state index in [4.69, 9.17) is 27.9 Å². The van der Waals surface area contributed by atoms with Crippen molar-refractivity contribution in [2.45, 2.75) is 13.5 Å². The quantitative estimate of drug-likeness (QED) is 0.312. The number of hydrogen-bond acceptors (Lipinski definition) is 4. The summed E-state index contributed by atoms with van der Waals surface area (Å²) < 4.78 is 5.83. The summed E-state index contributed by atoms with van der Waals surface area (Å²) in [5.41, 5.74) is 5.48. The van der Waals surface area contributed by atoms with E-state index in [1.54, 1.807) is 12.1 Å². The molecule has 3 rings (SSSR count). The van der Waals surface area contributed by atoms with E-state index in [1.807, 2.05) is 43.3 Å². The summed E-state index contributed by atoms with van der Waals surface area (Å²) in [5.74, 6) is -1.14. The molecular formula is C23H19Cl2N3O3. The maximum Gasteiger partial charge on any atom is 0.329 e. The Balaban J connectivity index is 1.53. The van der Waals surface area contributed by atoms with Gasteiger partial charge >= 0.3 is 11.8 Å². The number of amides is 2. The van der Waals surface area contributed by atoms with E-state index in [-0.39, 0.29) is 5.02 Å². The number of carbonyl (C=O) groups is 2. The summed E-state index contributed by atoms with van der Waals surface area (Å²) in [6, 6.07) is 19.7. The van der Waals surface area contributed by atoms with E-state index < -0.39 is 11.8 Å². The van der Waals surface area contributed by atoms with Crippen LogP contribution in [0.4, 0.5) is 5.69 Å². The Morgan fingerprint density at radius 3 is 2.55 bits per heavy atom. The molecule has 0 heterocycles. The SMILES string of the molecule is Cc1ccccc1COc1cccc(/C=N/NC(=O)C(=O)Nc2ccc(Cl)c(Cl)c2)c1. The molecule has 6 nitrogen and oxygen atoms in total. The molecule has 0 spiro atoms. The van der Waals surface area contributed by atoms with Crippen LogP contribution in [0.1, 0.15) is 16.7 Å². The average molecular weight is 456 g/mol. The second-order valence-corrected chi connectivity index (χ2v) is 7.38. The first kappa shape index (κ1) is 22.3. The summed E-state index contributed by atoms with van der Waals surface area (Å²) in [4.78, 5) is 23.9. The van der Waals surface area contributed by atoms with E-state index in [0.29, 0.717) is 28.6 Å². The normalized spacial score (nSPS) is 10.7. The molecule has 0 aliphatic heterocycles. The first-order chi connectivity index (χ1) is 14.9. The first-order valence-corrected chi connectivity index (χ1v) is 10.0. The van der Waals surface area contributed by atoms with Gasteiger partial charge in [0.05, 0.1) is 16.3 Å². The van der Waals surface area contributed by atoms with Crippen molar-refractivity contribution in [3.8, 4) is 5.75 Å². The van der Waals surface area contributed by atoms with E-state index >= 15 is 0 Å². The van der Waals surface area contributed by atoms with Crippen LogP contribution in [0.3, 0.4) is 0 Å². The number of halogens is 2. The lowest BCUT2D eigenvalue weighted by Gasteiger charge is -2.09. The Kier molecular flexibility index (Phi) is 7.65. The summed E-state index contributed by atoms with van der Waals surface area (Å²) in [7, 11) is 0. The van der Waals surface area contributed by atoms with Gasteiger partial charge in [-0.05, 0) is 53.9 Å². The van der Waals surface area contributed by atoms with Gasteiger partial charge in [0, 0.05) is 5.69 Å². The van der Waals surface area contributed by atoms with Crippen molar-refractivity contribution < 1.29 is 14.3 Å². The van der Waals surface area contributed by atoms with E-state index in [9.17, 15) is 9.59 Å². The molecule has 2 N–H and O–H groups in total. The standard InChI is InChI=1S/C23H19Cl2N3O3/c1-15-5-2-3-7-17(15)14-31-19-8-4-6-16(11-19)13-26-28-23(30)22(29)27-18-9-10-20(24)21(25)12-18/h2-13H,14H2,1H3,(H,27,29)(H,28,30)/b26-13+. The van der Waals surface area contributed by atoms with Gasteiger partial charge in [0.2, 0.25) is 0 Å². The number of nitrogens with one attached hydrogen (secondary N) is 2. The van der Waals surface area contributed by atoms with Crippen molar-refractivity contribution in [3.63, 3.8) is 0 Å². The fourth-order valence-corrected chi connectivity index (χ4v) is 2.89. The lowest BCUT2D eigenvalue weighted by atomic mass is 10.1. The third-order valence-corrected chi connectivity index (χ3v) is 5.02. The number of nitrogens with zero attached hydrogens (tertiary/aromatic N) is 1. The Labute approximate surface area is 189 Å². The van der Waals surface area contributed by atoms with E-state index in [1.165, 1.54) is 24.4 Å². The van der Waals surface area contributed by atoms with Gasteiger partial charge < -0.3 is 10.1 Å². The number of aryl methyl sites for hydroxylation is 1. The van der Waals surface area contributed by atoms with Crippen LogP contribution < -0.4 is 15.5 Å². The van der Waals surface area contributed by atoms with Gasteiger partial charge in [-0.2, -0.15) is 5.10 Å². The number of carbonyl (C=O) groups excluding carboxylic acids is 2. The molecule has 2 amide bonds. The molecule has 31 heavy (non-hydrogen) atoms. The van der Waals surface area contributed by atoms with Crippen LogP contribution in [0.2, 0.25) is 10.0 Å². The van der Waals surface area contributed by atoms with Gasteiger partial charge in [0.15, 0.2) is 0 Å². The molecule has 0 aliphatic rings. The monoisotopic (exact) mass is 455 g/mol. The molecule has 0 aromatic heterocycles. The van der Waals surface area contributed by atoms with E-state index in [2.05, 4.69) is 15.8 Å². The van der Waals surface area contributed by atoms with Crippen molar-refractivity contribution in [2.24, 2.45) is 5.10 Å². The van der Waals surface area contributed by atoms with Crippen molar-refractivity contribution in [2.75, 3.05) is 5.32 Å². The number of ether oxygens (including phenoxy) is 1. The topological polar surface area (TPSA) is 79.8 Å². The van der Waals surface area contributed by atoms with Crippen LogP contribution >= 0.6 is 23.2 Å². The molecule has 0 fully saturated rings. The lowest BCUT2D eigenvalue weighted by Crippen LogP contribution is -2.32. The number of benzene rings is 3. The molecule has 3 aromatic rings. The Morgan fingerprint density at radius 1 is 0.968 bits per heavy atom. The molecule has 0 atom stereocenters. The molecule has 0 saturated carbocycles. The zero-order valence-electron chi connectivity index (χ0n) is 16.6. The van der Waals surface area contributed by atoms with Crippen molar-refractivity contribution in [1.29, 1.82) is 0 Å². The highest BCUT2D eigenvalue weighted by Gasteiger charge is 2.13. The van der Waals surface area contributed by atoms with Crippen LogP contribution in [-0.2, 0) is 16.2 Å². The van der Waals surface area contributed by atoms with Gasteiger partial charge in [0.1, 0.15) is 12.4 Å². The summed E-state index contributed by atoms with van der Waals surface area (Å²) in [6.45, 7) is 2.47. The predicted molar refractivity (Wildman–Crippen MR) is 123 cm³/mol. The smallest absolute Gasteiger partial charge is 0.329 e. The first-order valence-electron chi connectivity index (χ1n) is 9.29. The highest BCUT2D eigenvalue weighted by Crippen LogP contribution is 2.24. The highest BCUT2D eigenvalue weighted by atomic mass is 35.5. The zero-order valence-corrected chi connectivity index (χ0v) is 18.1. The maximum absolute atomic E-state index is 12.0. The van der Waals surface area contributed by atoms with Crippen LogP contribution in [0.25, 0.3) is 0 Å². The number of hydrazone groups is 1. The Bertz CT molecular complexity index is 1130. The van der Waals surface area contributed by atoms with Crippen LogP contribution in [0.5, 0.6) is 5.75 Å². The molecule has 0 radical (unpaired) electrons. The number of rotatable bonds is 6. The molecule has 0 aliphatic carbocycles. The minimum Gasteiger partial charge on any atom is -0.489 e. The molecule has 8 heteroatoms. The van der Waals surface area contributed by atoms with Crippen LogP contribution in [0, 0.1) is 6.92 Å². The highest BCUT2D eigenvalue weighted by molar-refractivity contribution is 6.42. The molecular weight excluding hydrogens is 437 g/mol. The Morgan fingerprint density at radius 2 is 1.77 bits per heavy atom. The van der Waals surface area contributed by atoms with Crippen molar-refractivity contribution >= 4 is 46.9 Å². The minimum atomic E-state index is -0.922. The molecule has 0 saturated heterocycles. The minimum absolute atomic E-state index is 0.266. The van der Waals surface area contributed by atoms with Gasteiger partial charge in [-0.15, -0.1) is 0 Å². The van der Waals surface area contributed by atoms with Gasteiger partial charge in [-0.3, -0.25) is 9.59 Å². The van der Waals surface area contributed by atoms with Crippen LogP contribution in [-0.4, -0.2) is 18.0 Å². The fraction of sp³-hybridized carbons (Fsp3) is 0.0870. The molecule has 0 unspecified atom stereocenters. The summed E-state index contributed by atoms with van der Waals surface area (Å²) >= 11 is 11.7. The molecule has 0 bridgehead atoms. The number of anilines is 1. The number of hydrogen-bond donors (Lipinski definition) is 2. The molecule has 3 aromatic carbocycles. The third kappa shape index (κ3) is 6.57. The second kappa shape index (κ2) is 10.6. The zero-order chi connectivity index (χ0) is 22.2.